The number of ketones is 1. The van der Waals surface area contributed by atoms with Gasteiger partial charge in [-0.2, -0.15) is 13.1 Å². The van der Waals surface area contributed by atoms with Crippen LogP contribution in [0.5, 0.6) is 0 Å². The lowest BCUT2D eigenvalue weighted by Gasteiger charge is -2.20. The van der Waals surface area contributed by atoms with Gasteiger partial charge in [0.15, 0.2) is 0 Å². The van der Waals surface area contributed by atoms with Crippen molar-refractivity contribution < 1.29 is 17.8 Å². The summed E-state index contributed by atoms with van der Waals surface area (Å²) in [5.74, 6) is 0.167. The Hall–Kier alpha value is -0.460. The van der Waals surface area contributed by atoms with E-state index in [-0.39, 0.29) is 11.8 Å². The number of hydrogen-bond donors (Lipinski definition) is 2. The molecule has 5 nitrogen and oxygen atoms in total. The summed E-state index contributed by atoms with van der Waals surface area (Å²) < 4.78 is 31.3. The van der Waals surface area contributed by atoms with Crippen molar-refractivity contribution >= 4 is 16.1 Å². The fourth-order valence-electron chi connectivity index (χ4n) is 1.43. The van der Waals surface area contributed by atoms with Gasteiger partial charge in [0.05, 0.1) is 0 Å². The number of carbonyl (C=O) groups is 1. The lowest BCUT2D eigenvalue weighted by molar-refractivity contribution is -0.114. The summed E-state index contributed by atoms with van der Waals surface area (Å²) in [6.07, 6.45) is 4.96. The molecule has 0 aromatic carbocycles. The fraction of sp³-hybridized carbons (Fsp3) is 0.889. The lowest BCUT2D eigenvalue weighted by Crippen LogP contribution is -2.35. The first-order valence-corrected chi connectivity index (χ1v) is 6.47. The molecule has 0 amide bonds. The van der Waals surface area contributed by atoms with Crippen molar-refractivity contribution in [3.8, 4) is 0 Å². The van der Waals surface area contributed by atoms with Crippen molar-refractivity contribution in [2.24, 2.45) is 0 Å². The van der Waals surface area contributed by atoms with E-state index in [2.05, 4.69) is 4.72 Å². The number of rotatable bonds is 2. The van der Waals surface area contributed by atoms with Gasteiger partial charge in [0, 0.05) is 6.04 Å². The molecule has 0 aliphatic heterocycles. The minimum atomic E-state index is -3.97. The average molecular weight is 237 g/mol. The molecule has 0 spiro atoms. The van der Waals surface area contributed by atoms with Crippen LogP contribution in [0.15, 0.2) is 0 Å². The quantitative estimate of drug-likeness (QED) is 0.709. The molecule has 0 atom stereocenters. The molecule has 0 radical (unpaired) electrons. The highest BCUT2D eigenvalue weighted by Gasteiger charge is 2.17. The maximum Gasteiger partial charge on any atom is 0.333 e. The number of Topliss-reactive ketones (excluding diaryl/α,β-unsaturated/α-hetero) is 1. The van der Waals surface area contributed by atoms with Gasteiger partial charge in [0.1, 0.15) is 5.78 Å². The van der Waals surface area contributed by atoms with E-state index in [9.17, 15) is 13.2 Å². The molecule has 1 saturated carbocycles. The normalized spacial score (nSPS) is 17.8. The fourth-order valence-corrected chi connectivity index (χ4v) is 2.09. The number of nitrogens with one attached hydrogen (secondary N) is 1. The molecular formula is C9H19NO4S. The van der Waals surface area contributed by atoms with Gasteiger partial charge in [-0.15, -0.1) is 0 Å². The summed E-state index contributed by atoms with van der Waals surface area (Å²) in [4.78, 5) is 9.44. The standard InChI is InChI=1S/C6H13NO3S.C3H6O/c8-11(9,10)7-6-4-2-1-3-5-6;1-3(2)4/h6-7H,1-5H2,(H,8,9,10);1-2H3. The van der Waals surface area contributed by atoms with Gasteiger partial charge in [0.25, 0.3) is 0 Å². The van der Waals surface area contributed by atoms with Crippen molar-refractivity contribution in [3.63, 3.8) is 0 Å². The highest BCUT2D eigenvalue weighted by Crippen LogP contribution is 2.17. The Kier molecular flexibility index (Phi) is 6.71. The minimum Gasteiger partial charge on any atom is -0.300 e. The molecule has 0 heterocycles. The molecule has 0 bridgehead atoms. The van der Waals surface area contributed by atoms with Gasteiger partial charge in [-0.05, 0) is 26.7 Å². The van der Waals surface area contributed by atoms with Crippen molar-refractivity contribution in [1.82, 2.24) is 4.72 Å². The van der Waals surface area contributed by atoms with E-state index in [1.807, 2.05) is 0 Å². The van der Waals surface area contributed by atoms with Crippen LogP contribution in [-0.2, 0) is 15.1 Å². The maximum absolute atomic E-state index is 10.3. The second-order valence-corrected chi connectivity index (χ2v) is 5.02. The van der Waals surface area contributed by atoms with Crippen LogP contribution >= 0.6 is 0 Å². The predicted molar refractivity (Wildman–Crippen MR) is 57.9 cm³/mol. The van der Waals surface area contributed by atoms with Gasteiger partial charge >= 0.3 is 10.3 Å². The molecule has 1 fully saturated rings. The summed E-state index contributed by atoms with van der Waals surface area (Å²) in [5.41, 5.74) is 0. The second kappa shape index (κ2) is 6.92. The molecule has 0 unspecified atom stereocenters. The van der Waals surface area contributed by atoms with E-state index in [0.717, 1.165) is 25.7 Å². The Morgan fingerprint density at radius 1 is 1.20 bits per heavy atom. The highest BCUT2D eigenvalue weighted by atomic mass is 32.2. The largest absolute Gasteiger partial charge is 0.333 e. The van der Waals surface area contributed by atoms with Crippen LogP contribution in [0.1, 0.15) is 46.0 Å². The Morgan fingerprint density at radius 2 is 1.60 bits per heavy atom. The Labute approximate surface area is 91.1 Å². The summed E-state index contributed by atoms with van der Waals surface area (Å²) in [6, 6.07) is -0.0428. The monoisotopic (exact) mass is 237 g/mol. The molecule has 15 heavy (non-hydrogen) atoms. The van der Waals surface area contributed by atoms with Crippen LogP contribution in [0.3, 0.4) is 0 Å². The predicted octanol–water partition coefficient (Wildman–Crippen LogP) is 1.31. The van der Waals surface area contributed by atoms with Gasteiger partial charge in [-0.3, -0.25) is 4.55 Å². The van der Waals surface area contributed by atoms with E-state index in [1.165, 1.54) is 20.3 Å². The second-order valence-electron chi connectivity index (χ2n) is 3.84. The van der Waals surface area contributed by atoms with E-state index < -0.39 is 10.3 Å². The third kappa shape index (κ3) is 11.5. The van der Waals surface area contributed by atoms with Crippen LogP contribution in [-0.4, -0.2) is 24.8 Å². The Balaban J connectivity index is 0.000000423. The van der Waals surface area contributed by atoms with E-state index in [1.54, 1.807) is 0 Å². The van der Waals surface area contributed by atoms with Crippen LogP contribution in [0.25, 0.3) is 0 Å². The van der Waals surface area contributed by atoms with Crippen molar-refractivity contribution in [3.05, 3.63) is 0 Å². The van der Waals surface area contributed by atoms with E-state index in [4.69, 9.17) is 4.55 Å². The van der Waals surface area contributed by atoms with E-state index >= 15 is 0 Å². The van der Waals surface area contributed by atoms with Crippen molar-refractivity contribution in [2.45, 2.75) is 52.0 Å². The molecule has 2 N–H and O–H groups in total. The summed E-state index contributed by atoms with van der Waals surface area (Å²) >= 11 is 0. The van der Waals surface area contributed by atoms with Gasteiger partial charge < -0.3 is 4.79 Å². The molecule has 90 valence electrons. The highest BCUT2D eigenvalue weighted by molar-refractivity contribution is 7.83. The minimum absolute atomic E-state index is 0.0428. The molecule has 0 aromatic heterocycles. The topological polar surface area (TPSA) is 83.5 Å². The molecule has 1 aliphatic rings. The molecule has 6 heteroatoms. The van der Waals surface area contributed by atoms with Gasteiger partial charge in [-0.25, -0.2) is 0 Å². The molecule has 0 saturated heterocycles. The van der Waals surface area contributed by atoms with Gasteiger partial charge in [-0.1, -0.05) is 19.3 Å². The molecular weight excluding hydrogens is 218 g/mol. The first-order chi connectivity index (χ1) is 6.81. The average Bonchev–Trinajstić information content (AvgIpc) is 2.01. The molecule has 0 aromatic rings. The first kappa shape index (κ1) is 14.5. The van der Waals surface area contributed by atoms with Crippen LogP contribution in [0.4, 0.5) is 0 Å². The third-order valence-corrected chi connectivity index (χ3v) is 2.55. The molecule has 1 rings (SSSR count). The van der Waals surface area contributed by atoms with Crippen molar-refractivity contribution in [2.75, 3.05) is 0 Å². The SMILES string of the molecule is CC(C)=O.O=S(=O)(O)NC1CCCCC1. The number of hydrogen-bond acceptors (Lipinski definition) is 3. The summed E-state index contributed by atoms with van der Waals surface area (Å²) in [6.45, 7) is 3.06. The van der Waals surface area contributed by atoms with E-state index in [0.29, 0.717) is 0 Å². The first-order valence-electron chi connectivity index (χ1n) is 5.03. The zero-order valence-corrected chi connectivity index (χ0v) is 10.0. The third-order valence-electron chi connectivity index (χ3n) is 1.92. The molecule has 1 aliphatic carbocycles. The van der Waals surface area contributed by atoms with Crippen LogP contribution in [0, 0.1) is 0 Å². The van der Waals surface area contributed by atoms with Gasteiger partial charge in [0.2, 0.25) is 0 Å². The zero-order chi connectivity index (χ0) is 11.9. The van der Waals surface area contributed by atoms with Crippen LogP contribution in [0.2, 0.25) is 0 Å². The summed E-state index contributed by atoms with van der Waals surface area (Å²) in [5, 5.41) is 0. The Bertz CT molecular complexity index is 276. The number of carbonyl (C=O) groups excluding carboxylic acids is 1. The van der Waals surface area contributed by atoms with Crippen LogP contribution < -0.4 is 4.72 Å². The summed E-state index contributed by atoms with van der Waals surface area (Å²) in [7, 11) is -3.97. The zero-order valence-electron chi connectivity index (χ0n) is 9.19. The smallest absolute Gasteiger partial charge is 0.300 e. The maximum atomic E-state index is 10.3. The van der Waals surface area contributed by atoms with Crippen molar-refractivity contribution in [1.29, 1.82) is 0 Å². The lowest BCUT2D eigenvalue weighted by atomic mass is 9.96. The Morgan fingerprint density at radius 3 is 1.93 bits per heavy atom.